The van der Waals surface area contributed by atoms with E-state index in [2.05, 4.69) is 44.6 Å². The molecule has 3 N–H and O–H groups in total. The molecule has 158 valence electrons. The van der Waals surface area contributed by atoms with Gasteiger partial charge in [0, 0.05) is 29.7 Å². The van der Waals surface area contributed by atoms with Gasteiger partial charge in [0.1, 0.15) is 5.82 Å². The summed E-state index contributed by atoms with van der Waals surface area (Å²) in [6.45, 7) is 1.71. The fraction of sp³-hybridized carbons (Fsp3) is 0.250. The van der Waals surface area contributed by atoms with Crippen LogP contribution in [0.1, 0.15) is 29.5 Å². The van der Waals surface area contributed by atoms with Gasteiger partial charge in [-0.05, 0) is 36.0 Å². The molecule has 0 radical (unpaired) electrons. The third-order valence-electron chi connectivity index (χ3n) is 5.32. The number of carbonyl (C=O) groups is 1. The van der Waals surface area contributed by atoms with E-state index in [1.807, 2.05) is 30.3 Å². The summed E-state index contributed by atoms with van der Waals surface area (Å²) < 4.78 is 0. The lowest BCUT2D eigenvalue weighted by molar-refractivity contribution is 0.225. The molecule has 1 aliphatic heterocycles. The molecule has 2 amide bonds. The summed E-state index contributed by atoms with van der Waals surface area (Å²) in [5.74, 6) is 2.84. The summed E-state index contributed by atoms with van der Waals surface area (Å²) in [7, 11) is 0. The summed E-state index contributed by atoms with van der Waals surface area (Å²) in [5, 5.41) is 17.8. The molecular weight excluding hydrogens is 408 g/mol. The van der Waals surface area contributed by atoms with Gasteiger partial charge in [0.2, 0.25) is 0 Å². The Labute approximate surface area is 185 Å². The van der Waals surface area contributed by atoms with Crippen molar-refractivity contribution in [1.82, 2.24) is 10.3 Å². The van der Waals surface area contributed by atoms with Gasteiger partial charge in [-0.25, -0.2) is 9.78 Å². The van der Waals surface area contributed by atoms with E-state index in [0.29, 0.717) is 10.8 Å². The van der Waals surface area contributed by atoms with Crippen LogP contribution in [0.15, 0.2) is 53.9 Å². The van der Waals surface area contributed by atoms with Crippen LogP contribution in [-0.2, 0) is 0 Å². The molecule has 31 heavy (non-hydrogen) atoms. The monoisotopic (exact) mass is 432 g/mol. The molecule has 1 saturated heterocycles. The van der Waals surface area contributed by atoms with Crippen molar-refractivity contribution in [2.24, 2.45) is 0 Å². The molecule has 0 spiro atoms. The van der Waals surface area contributed by atoms with Gasteiger partial charge in [0.25, 0.3) is 0 Å². The average Bonchev–Trinajstić information content (AvgIpc) is 3.50. The highest BCUT2D eigenvalue weighted by Crippen LogP contribution is 2.34. The van der Waals surface area contributed by atoms with E-state index in [1.165, 1.54) is 11.3 Å². The van der Waals surface area contributed by atoms with Crippen molar-refractivity contribution in [2.45, 2.75) is 18.9 Å². The largest absolute Gasteiger partial charge is 0.394 e. The molecule has 1 aromatic heterocycles. The Balaban J connectivity index is 1.59. The number of terminal acetylenes is 1. The van der Waals surface area contributed by atoms with Crippen LogP contribution in [0.3, 0.4) is 0 Å². The molecule has 6 nitrogen and oxygen atoms in total. The molecule has 1 atom stereocenters. The van der Waals surface area contributed by atoms with Gasteiger partial charge in [0.05, 0.1) is 12.6 Å². The van der Waals surface area contributed by atoms with Crippen LogP contribution in [0.25, 0.3) is 11.1 Å². The van der Waals surface area contributed by atoms with E-state index in [1.54, 1.807) is 5.38 Å². The quantitative estimate of drug-likeness (QED) is 0.509. The number of thiazole rings is 1. The second kappa shape index (κ2) is 9.65. The number of amides is 2. The first-order chi connectivity index (χ1) is 15.2. The smallest absolute Gasteiger partial charge is 0.320 e. The minimum absolute atomic E-state index is 0.217. The molecule has 7 heteroatoms. The molecule has 4 rings (SSSR count). The van der Waals surface area contributed by atoms with Gasteiger partial charge in [-0.1, -0.05) is 42.5 Å². The highest BCUT2D eigenvalue weighted by atomic mass is 32.1. The normalized spacial score (nSPS) is 14.1. The lowest BCUT2D eigenvalue weighted by atomic mass is 9.98. The number of urea groups is 1. The molecular formula is C24H24N4O2S. The number of aromatic nitrogens is 1. The Kier molecular flexibility index (Phi) is 6.51. The van der Waals surface area contributed by atoms with Crippen LogP contribution in [0.5, 0.6) is 0 Å². The van der Waals surface area contributed by atoms with Gasteiger partial charge in [0.15, 0.2) is 5.01 Å². The molecule has 3 aromatic rings. The van der Waals surface area contributed by atoms with Crippen LogP contribution in [0.4, 0.5) is 16.3 Å². The molecule has 0 unspecified atom stereocenters. The Bertz CT molecular complexity index is 1080. The fourth-order valence-corrected chi connectivity index (χ4v) is 4.36. The Hall–Kier alpha value is -3.34. The van der Waals surface area contributed by atoms with Crippen molar-refractivity contribution in [1.29, 1.82) is 0 Å². The van der Waals surface area contributed by atoms with E-state index in [0.717, 1.165) is 48.3 Å². The highest BCUT2D eigenvalue weighted by molar-refractivity contribution is 7.10. The maximum Gasteiger partial charge on any atom is 0.320 e. The predicted molar refractivity (Wildman–Crippen MR) is 125 cm³/mol. The van der Waals surface area contributed by atoms with Gasteiger partial charge in [-0.15, -0.1) is 17.8 Å². The SMILES string of the molecule is C#Cc1nc(NC(=O)N[C@@H](CO)c2ccc(-c3ccccc3)cc2N2CCCC2)cs1. The maximum absolute atomic E-state index is 12.5. The predicted octanol–water partition coefficient (Wildman–Crippen LogP) is 4.25. The number of anilines is 2. The van der Waals surface area contributed by atoms with Crippen molar-refractivity contribution >= 4 is 28.9 Å². The summed E-state index contributed by atoms with van der Waals surface area (Å²) in [4.78, 5) is 19.0. The summed E-state index contributed by atoms with van der Waals surface area (Å²) in [6, 6.07) is 15.4. The number of benzene rings is 2. The first kappa shape index (κ1) is 20.9. The number of aliphatic hydroxyl groups excluding tert-OH is 1. The zero-order chi connectivity index (χ0) is 21.6. The lowest BCUT2D eigenvalue weighted by Gasteiger charge is -2.27. The Morgan fingerprint density at radius 2 is 1.97 bits per heavy atom. The van der Waals surface area contributed by atoms with E-state index >= 15 is 0 Å². The minimum atomic E-state index is -0.550. The third kappa shape index (κ3) is 4.88. The number of aliphatic hydroxyl groups is 1. The third-order valence-corrected chi connectivity index (χ3v) is 6.09. The standard InChI is InChI=1S/C24H24N4O2S/c1-2-23-26-22(16-31-23)27-24(30)25-20(15-29)19-11-10-18(17-8-4-3-5-9-17)14-21(19)28-12-6-7-13-28/h1,3-5,8-11,14,16,20,29H,6-7,12-13,15H2,(H2,25,27,30)/t20-/m0/s1. The second-order valence-corrected chi connectivity index (χ2v) is 8.21. The number of carbonyl (C=O) groups excluding carboxylic acids is 1. The van der Waals surface area contributed by atoms with Crippen molar-refractivity contribution in [2.75, 3.05) is 29.9 Å². The number of hydrogen-bond donors (Lipinski definition) is 3. The van der Waals surface area contributed by atoms with Gasteiger partial charge in [-0.2, -0.15) is 0 Å². The molecule has 1 fully saturated rings. The first-order valence-corrected chi connectivity index (χ1v) is 11.1. The zero-order valence-electron chi connectivity index (χ0n) is 17.0. The van der Waals surface area contributed by atoms with Gasteiger partial charge in [-0.3, -0.25) is 5.32 Å². The summed E-state index contributed by atoms with van der Waals surface area (Å²) >= 11 is 1.29. The first-order valence-electron chi connectivity index (χ1n) is 10.2. The Morgan fingerprint density at radius 3 is 2.65 bits per heavy atom. The van der Waals surface area contributed by atoms with E-state index in [4.69, 9.17) is 6.42 Å². The average molecular weight is 433 g/mol. The molecule has 2 heterocycles. The zero-order valence-corrected chi connectivity index (χ0v) is 17.9. The van der Waals surface area contributed by atoms with Crippen molar-refractivity contribution in [3.8, 4) is 23.5 Å². The second-order valence-electron chi connectivity index (χ2n) is 7.35. The van der Waals surface area contributed by atoms with Gasteiger partial charge < -0.3 is 15.3 Å². The van der Waals surface area contributed by atoms with E-state index < -0.39 is 12.1 Å². The topological polar surface area (TPSA) is 77.5 Å². The molecule has 2 aromatic carbocycles. The summed E-state index contributed by atoms with van der Waals surface area (Å²) in [5.41, 5.74) is 4.17. The van der Waals surface area contributed by atoms with Crippen molar-refractivity contribution < 1.29 is 9.90 Å². The fourth-order valence-electron chi connectivity index (χ4n) is 3.81. The van der Waals surface area contributed by atoms with Gasteiger partial charge >= 0.3 is 6.03 Å². The number of nitrogens with one attached hydrogen (secondary N) is 2. The van der Waals surface area contributed by atoms with Crippen LogP contribution >= 0.6 is 11.3 Å². The molecule has 0 aliphatic carbocycles. The van der Waals surface area contributed by atoms with E-state index in [9.17, 15) is 9.90 Å². The van der Waals surface area contributed by atoms with Crippen LogP contribution in [0, 0.1) is 12.3 Å². The lowest BCUT2D eigenvalue weighted by Crippen LogP contribution is -2.35. The van der Waals surface area contributed by atoms with E-state index in [-0.39, 0.29) is 6.61 Å². The van der Waals surface area contributed by atoms with Crippen LogP contribution in [0.2, 0.25) is 0 Å². The molecule has 0 saturated carbocycles. The molecule has 1 aliphatic rings. The minimum Gasteiger partial charge on any atom is -0.394 e. The Morgan fingerprint density at radius 1 is 1.19 bits per heavy atom. The number of rotatable bonds is 6. The summed E-state index contributed by atoms with van der Waals surface area (Å²) in [6.07, 6.45) is 7.60. The highest BCUT2D eigenvalue weighted by Gasteiger charge is 2.23. The van der Waals surface area contributed by atoms with Crippen LogP contribution < -0.4 is 15.5 Å². The van der Waals surface area contributed by atoms with Crippen molar-refractivity contribution in [3.05, 3.63) is 64.5 Å². The molecule has 0 bridgehead atoms. The van der Waals surface area contributed by atoms with Crippen LogP contribution in [-0.4, -0.2) is 35.8 Å². The maximum atomic E-state index is 12.5. The number of nitrogens with zero attached hydrogens (tertiary/aromatic N) is 2. The van der Waals surface area contributed by atoms with Crippen molar-refractivity contribution in [3.63, 3.8) is 0 Å². The number of hydrogen-bond acceptors (Lipinski definition) is 5.